The third-order valence-corrected chi connectivity index (χ3v) is 6.47. The van der Waals surface area contributed by atoms with Crippen LogP contribution in [0.25, 0.3) is 0 Å². The van der Waals surface area contributed by atoms with Crippen molar-refractivity contribution in [1.82, 2.24) is 0 Å². The molecule has 6 rings (SSSR count). The molecule has 0 saturated carbocycles. The smallest absolute Gasteiger partial charge is 0.0352 e. The zero-order valence-electron chi connectivity index (χ0n) is 16.8. The molecule has 0 spiro atoms. The Bertz CT molecular complexity index is 974. The number of hydrogen-bond donors (Lipinski definition) is 0. The average Bonchev–Trinajstić information content (AvgIpc) is 2.67. The number of benzene rings is 3. The van der Waals surface area contributed by atoms with Gasteiger partial charge in [0.2, 0.25) is 0 Å². The molecule has 2 bridgehead atoms. The Morgan fingerprint density at radius 1 is 0.643 bits per heavy atom. The fraction of sp³-hybridized carbons (Fsp3) is 0.357. The van der Waals surface area contributed by atoms with E-state index in [0.717, 1.165) is 6.42 Å². The topological polar surface area (TPSA) is 0 Å². The van der Waals surface area contributed by atoms with Crippen molar-refractivity contribution >= 4 is 0 Å². The van der Waals surface area contributed by atoms with Gasteiger partial charge in [0.25, 0.3) is 0 Å². The Hall–Kier alpha value is -2.34. The summed E-state index contributed by atoms with van der Waals surface area (Å²) in [4.78, 5) is 0. The van der Waals surface area contributed by atoms with Crippen molar-refractivity contribution in [2.24, 2.45) is 5.92 Å². The van der Waals surface area contributed by atoms with Gasteiger partial charge in [0.1, 0.15) is 0 Å². The van der Waals surface area contributed by atoms with Crippen molar-refractivity contribution in [3.63, 3.8) is 0 Å². The van der Waals surface area contributed by atoms with E-state index in [9.17, 15) is 0 Å². The second kappa shape index (κ2) is 6.92. The normalized spacial score (nSPS) is 18.5. The molecule has 0 amide bonds. The van der Waals surface area contributed by atoms with Gasteiger partial charge in [0.05, 0.1) is 0 Å². The van der Waals surface area contributed by atoms with Crippen molar-refractivity contribution < 1.29 is 0 Å². The third-order valence-electron chi connectivity index (χ3n) is 6.47. The first kappa shape index (κ1) is 19.0. The van der Waals surface area contributed by atoms with E-state index in [-0.39, 0.29) is 7.43 Å². The molecule has 0 heterocycles. The van der Waals surface area contributed by atoms with E-state index in [0.29, 0.717) is 23.7 Å². The fourth-order valence-corrected chi connectivity index (χ4v) is 5.51. The lowest BCUT2D eigenvalue weighted by Gasteiger charge is -2.44. The summed E-state index contributed by atoms with van der Waals surface area (Å²) in [5.74, 6) is 2.00. The summed E-state index contributed by atoms with van der Waals surface area (Å²) in [5.41, 5.74) is 12.4. The van der Waals surface area contributed by atoms with Crippen LogP contribution in [0.15, 0.2) is 60.7 Å². The molecule has 3 aliphatic carbocycles. The molecule has 0 nitrogen and oxygen atoms in total. The Balaban J connectivity index is 0.00000192. The summed E-state index contributed by atoms with van der Waals surface area (Å²) in [6.07, 6.45) is 1.16. The molecule has 0 aromatic heterocycles. The molecule has 0 fully saturated rings. The highest BCUT2D eigenvalue weighted by molar-refractivity contribution is 5.71. The molecule has 3 aliphatic rings. The van der Waals surface area contributed by atoms with Crippen LogP contribution in [-0.2, 0) is 6.42 Å². The second-order valence-corrected chi connectivity index (χ2v) is 9.02. The van der Waals surface area contributed by atoms with Crippen molar-refractivity contribution in [2.45, 2.75) is 59.3 Å². The predicted octanol–water partition coefficient (Wildman–Crippen LogP) is 7.63. The van der Waals surface area contributed by atoms with Crippen LogP contribution in [-0.4, -0.2) is 0 Å². The average molecular weight is 369 g/mol. The molecule has 3 aromatic carbocycles. The first-order valence-electron chi connectivity index (χ1n) is 10.4. The van der Waals surface area contributed by atoms with Gasteiger partial charge in [-0.25, -0.2) is 0 Å². The van der Waals surface area contributed by atoms with Gasteiger partial charge < -0.3 is 0 Å². The lowest BCUT2D eigenvalue weighted by Crippen LogP contribution is -2.30. The van der Waals surface area contributed by atoms with Crippen molar-refractivity contribution in [3.8, 4) is 0 Å². The maximum absolute atomic E-state index is 2.43. The summed E-state index contributed by atoms with van der Waals surface area (Å²) < 4.78 is 0. The van der Waals surface area contributed by atoms with Crippen LogP contribution >= 0.6 is 0 Å². The second-order valence-electron chi connectivity index (χ2n) is 9.02. The summed E-state index contributed by atoms with van der Waals surface area (Å²) in [5, 5.41) is 0. The number of hydrogen-bond acceptors (Lipinski definition) is 0. The van der Waals surface area contributed by atoms with E-state index in [1.54, 1.807) is 16.7 Å². The van der Waals surface area contributed by atoms with Gasteiger partial charge in [-0.1, -0.05) is 95.8 Å². The Kier molecular flexibility index (Phi) is 4.70. The molecule has 0 radical (unpaired) electrons. The summed E-state index contributed by atoms with van der Waals surface area (Å²) in [6, 6.07) is 23.2. The highest BCUT2D eigenvalue weighted by Gasteiger charge is 2.43. The zero-order chi connectivity index (χ0) is 18.7. The van der Waals surface area contributed by atoms with Crippen LogP contribution in [0.4, 0.5) is 0 Å². The molecule has 0 heteroatoms. The van der Waals surface area contributed by atoms with Crippen LogP contribution in [0, 0.1) is 5.92 Å². The van der Waals surface area contributed by atoms with Crippen molar-refractivity contribution in [2.75, 3.05) is 0 Å². The van der Waals surface area contributed by atoms with Gasteiger partial charge in [-0.3, -0.25) is 0 Å². The molecule has 0 unspecified atom stereocenters. The molecule has 0 N–H and O–H groups in total. The monoisotopic (exact) mass is 368 g/mol. The molecule has 3 aromatic rings. The summed E-state index contributed by atoms with van der Waals surface area (Å²) >= 11 is 0. The molecule has 144 valence electrons. The van der Waals surface area contributed by atoms with Crippen LogP contribution in [0.2, 0.25) is 0 Å². The minimum absolute atomic E-state index is 0. The summed E-state index contributed by atoms with van der Waals surface area (Å²) in [6.45, 7) is 9.37. The van der Waals surface area contributed by atoms with E-state index < -0.39 is 0 Å². The van der Waals surface area contributed by atoms with Crippen molar-refractivity contribution in [3.05, 3.63) is 105 Å². The minimum atomic E-state index is 0. The highest BCUT2D eigenvalue weighted by atomic mass is 14.5. The minimum Gasteiger partial charge on any atom is -0.0776 e. The van der Waals surface area contributed by atoms with E-state index >= 15 is 0 Å². The van der Waals surface area contributed by atoms with E-state index in [1.807, 2.05) is 0 Å². The molecule has 28 heavy (non-hydrogen) atoms. The van der Waals surface area contributed by atoms with Gasteiger partial charge >= 0.3 is 0 Å². The SMILES string of the molecule is C.CC(C)Cc1ccc(C(C)C)c2c1C1c3ccccc3C2c2ccccc21. The maximum atomic E-state index is 2.43. The maximum Gasteiger partial charge on any atom is 0.0352 e. The molecular formula is C28H32. The van der Waals surface area contributed by atoms with E-state index in [2.05, 4.69) is 88.4 Å². The largest absolute Gasteiger partial charge is 0.0776 e. The first-order chi connectivity index (χ1) is 13.1. The highest BCUT2D eigenvalue weighted by Crippen LogP contribution is 2.58. The quantitative estimate of drug-likeness (QED) is 0.307. The Labute approximate surface area is 170 Å². The van der Waals surface area contributed by atoms with Crippen LogP contribution in [0.5, 0.6) is 0 Å². The zero-order valence-corrected chi connectivity index (χ0v) is 16.8. The van der Waals surface area contributed by atoms with Crippen LogP contribution < -0.4 is 0 Å². The molecule has 0 atom stereocenters. The Morgan fingerprint density at radius 3 is 1.54 bits per heavy atom. The van der Waals surface area contributed by atoms with E-state index in [4.69, 9.17) is 0 Å². The van der Waals surface area contributed by atoms with Gasteiger partial charge in [0.15, 0.2) is 0 Å². The van der Waals surface area contributed by atoms with Crippen LogP contribution in [0.3, 0.4) is 0 Å². The Morgan fingerprint density at radius 2 is 1.11 bits per heavy atom. The lowest BCUT2D eigenvalue weighted by atomic mass is 9.58. The molecule has 0 saturated heterocycles. The van der Waals surface area contributed by atoms with Gasteiger partial charge in [-0.15, -0.1) is 0 Å². The first-order valence-corrected chi connectivity index (χ1v) is 10.4. The predicted molar refractivity (Wildman–Crippen MR) is 121 cm³/mol. The van der Waals surface area contributed by atoms with Gasteiger partial charge in [-0.2, -0.15) is 0 Å². The van der Waals surface area contributed by atoms with Gasteiger partial charge in [-0.05, 0) is 62.8 Å². The molecular weight excluding hydrogens is 336 g/mol. The lowest BCUT2D eigenvalue weighted by molar-refractivity contribution is 0.630. The van der Waals surface area contributed by atoms with E-state index in [1.165, 1.54) is 27.8 Å². The molecule has 0 aliphatic heterocycles. The third kappa shape index (κ3) is 2.58. The van der Waals surface area contributed by atoms with Gasteiger partial charge in [0, 0.05) is 11.8 Å². The number of rotatable bonds is 3. The summed E-state index contributed by atoms with van der Waals surface area (Å²) in [7, 11) is 0. The standard InChI is InChI=1S/C27H28.CH4/c1-16(2)15-18-13-14-19(17(3)4)27-24(18)25-20-9-5-7-11-22(20)26(27)23-12-8-6-10-21(23)25;/h5-14,16-17,25-26H,15H2,1-4H3;1H4. The fourth-order valence-electron chi connectivity index (χ4n) is 5.51. The van der Waals surface area contributed by atoms with Crippen LogP contribution in [0.1, 0.15) is 97.4 Å². The van der Waals surface area contributed by atoms with Crippen molar-refractivity contribution in [1.29, 1.82) is 0 Å².